The third-order valence-corrected chi connectivity index (χ3v) is 6.19. The summed E-state index contributed by atoms with van der Waals surface area (Å²) in [5.41, 5.74) is 12.0. The number of amides is 2. The molecule has 0 saturated carbocycles. The molecule has 31 heavy (non-hydrogen) atoms. The van der Waals surface area contributed by atoms with Crippen LogP contribution in [0.2, 0.25) is 0 Å². The number of aliphatic imine (C=N–C) groups is 1. The second-order valence-corrected chi connectivity index (χ2v) is 8.58. The summed E-state index contributed by atoms with van der Waals surface area (Å²) in [4.78, 5) is 34.3. The summed E-state index contributed by atoms with van der Waals surface area (Å²) in [6.45, 7) is 4.42. The maximum atomic E-state index is 13.3. The van der Waals surface area contributed by atoms with Gasteiger partial charge in [-0.2, -0.15) is 0 Å². The van der Waals surface area contributed by atoms with Crippen LogP contribution in [0.25, 0.3) is 16.0 Å². The number of likely N-dealkylation sites (tertiary alicyclic amines) is 1. The van der Waals surface area contributed by atoms with Gasteiger partial charge in [-0.25, -0.2) is 9.79 Å². The molecule has 0 aliphatic carbocycles. The number of nitrogens with zero attached hydrogens (tertiary/aromatic N) is 5. The van der Waals surface area contributed by atoms with Gasteiger partial charge in [-0.05, 0) is 51.4 Å². The van der Waals surface area contributed by atoms with Gasteiger partial charge in [0.2, 0.25) is 5.91 Å². The number of nitrogens with one attached hydrogen (secondary N) is 1. The number of allylic oxidation sites excluding steroid dienone is 1. The van der Waals surface area contributed by atoms with Crippen molar-refractivity contribution < 1.29 is 14.3 Å². The summed E-state index contributed by atoms with van der Waals surface area (Å²) >= 11 is 3.56. The monoisotopic (exact) mass is 488 g/mol. The largest absolute Gasteiger partial charge is 0.453 e. The quantitative estimate of drug-likeness (QED) is 0.265. The summed E-state index contributed by atoms with van der Waals surface area (Å²) < 4.78 is 5.43. The van der Waals surface area contributed by atoms with Crippen molar-refractivity contribution in [3.63, 3.8) is 0 Å². The lowest BCUT2D eigenvalue weighted by atomic mass is 9.97. The van der Waals surface area contributed by atoms with Crippen LogP contribution in [0.3, 0.4) is 0 Å². The van der Waals surface area contributed by atoms with E-state index in [9.17, 15) is 9.59 Å². The van der Waals surface area contributed by atoms with Crippen LogP contribution in [-0.2, 0) is 9.53 Å². The fourth-order valence-electron chi connectivity index (χ4n) is 3.94. The molecule has 1 N–H and O–H groups in total. The van der Waals surface area contributed by atoms with Gasteiger partial charge in [-0.3, -0.25) is 4.79 Å². The second-order valence-electron chi connectivity index (χ2n) is 7.83. The molecule has 9 nitrogen and oxygen atoms in total. The Balaban J connectivity index is 1.75. The van der Waals surface area contributed by atoms with E-state index in [1.807, 2.05) is 30.9 Å². The fraction of sp³-hybridized carbons (Fsp3) is 0.476. The van der Waals surface area contributed by atoms with Crippen LogP contribution in [0.1, 0.15) is 38.7 Å². The van der Waals surface area contributed by atoms with Crippen molar-refractivity contribution in [1.82, 2.24) is 10.2 Å². The zero-order valence-corrected chi connectivity index (χ0v) is 19.3. The number of hydrogen-bond donors (Lipinski definition) is 1. The van der Waals surface area contributed by atoms with Gasteiger partial charge in [0.15, 0.2) is 0 Å². The number of methoxy groups -OCH3 is 1. The molecule has 1 saturated heterocycles. The summed E-state index contributed by atoms with van der Waals surface area (Å²) in [7, 11) is 1.28. The van der Waals surface area contributed by atoms with E-state index in [2.05, 4.69) is 36.0 Å². The summed E-state index contributed by atoms with van der Waals surface area (Å²) in [6.07, 6.45) is 1.72. The first-order chi connectivity index (χ1) is 14.8. The number of alkyl carbamates (subject to hydrolysis) is 1. The van der Waals surface area contributed by atoms with Crippen molar-refractivity contribution in [3.8, 4) is 0 Å². The van der Waals surface area contributed by atoms with E-state index in [4.69, 9.17) is 10.5 Å². The van der Waals surface area contributed by atoms with Gasteiger partial charge < -0.3 is 15.0 Å². The molecule has 2 aliphatic heterocycles. The van der Waals surface area contributed by atoms with Crippen molar-refractivity contribution in [3.05, 3.63) is 44.9 Å². The van der Waals surface area contributed by atoms with E-state index in [0.29, 0.717) is 18.7 Å². The van der Waals surface area contributed by atoms with Gasteiger partial charge in [0.25, 0.3) is 0 Å². The highest BCUT2D eigenvalue weighted by Crippen LogP contribution is 2.37. The van der Waals surface area contributed by atoms with E-state index < -0.39 is 12.1 Å². The van der Waals surface area contributed by atoms with Crippen LogP contribution in [-0.4, -0.2) is 48.4 Å². The first-order valence-corrected chi connectivity index (χ1v) is 10.9. The first-order valence-electron chi connectivity index (χ1n) is 10.1. The van der Waals surface area contributed by atoms with Crippen LogP contribution < -0.4 is 5.32 Å². The Morgan fingerprint density at radius 3 is 2.68 bits per heavy atom. The topological polar surface area (TPSA) is 120 Å². The zero-order valence-electron chi connectivity index (χ0n) is 17.7. The van der Waals surface area contributed by atoms with E-state index in [-0.39, 0.29) is 17.9 Å². The minimum atomic E-state index is -0.654. The predicted octanol–water partition coefficient (Wildman–Crippen LogP) is 4.91. The Labute approximate surface area is 189 Å². The maximum Gasteiger partial charge on any atom is 0.407 e. The van der Waals surface area contributed by atoms with Gasteiger partial charge in [0.05, 0.1) is 13.2 Å². The summed E-state index contributed by atoms with van der Waals surface area (Å²) in [5.74, 6) is -0.192. The Morgan fingerprint density at radius 1 is 1.35 bits per heavy atom. The van der Waals surface area contributed by atoms with Gasteiger partial charge in [-0.1, -0.05) is 43.2 Å². The highest BCUT2D eigenvalue weighted by molar-refractivity contribution is 9.11. The summed E-state index contributed by atoms with van der Waals surface area (Å²) in [5, 5.41) is 6.27. The Bertz CT molecular complexity index is 966. The predicted molar refractivity (Wildman–Crippen MR) is 122 cm³/mol. The number of rotatable bonds is 6. The molecule has 0 spiro atoms. The number of carbonyl (C=O) groups is 2. The average molecular weight is 489 g/mol. The molecule has 0 bridgehead atoms. The lowest BCUT2D eigenvalue weighted by molar-refractivity contribution is -0.134. The third-order valence-electron chi connectivity index (χ3n) is 5.54. The number of benzene rings is 1. The van der Waals surface area contributed by atoms with Crippen LogP contribution in [0.4, 0.5) is 10.5 Å². The summed E-state index contributed by atoms with van der Waals surface area (Å²) in [6, 6.07) is 6.55. The molecule has 0 radical (unpaired) electrons. The zero-order chi connectivity index (χ0) is 22.5. The van der Waals surface area contributed by atoms with E-state index in [1.54, 1.807) is 12.1 Å². The number of azide groups is 1. The Kier molecular flexibility index (Phi) is 7.35. The molecule has 3 rings (SSSR count). The number of halogens is 1. The van der Waals surface area contributed by atoms with E-state index in [1.165, 1.54) is 7.11 Å². The minimum Gasteiger partial charge on any atom is -0.453 e. The average Bonchev–Trinajstić information content (AvgIpc) is 3.38. The van der Waals surface area contributed by atoms with Crippen molar-refractivity contribution in [2.75, 3.05) is 13.7 Å². The van der Waals surface area contributed by atoms with Crippen molar-refractivity contribution >= 4 is 44.9 Å². The molecule has 2 aliphatic rings. The second kappa shape index (κ2) is 9.98. The highest BCUT2D eigenvalue weighted by atomic mass is 79.9. The molecule has 2 atom stereocenters. The lowest BCUT2D eigenvalue weighted by Gasteiger charge is -2.31. The molecular weight excluding hydrogens is 464 g/mol. The maximum absolute atomic E-state index is 13.3. The fourth-order valence-corrected chi connectivity index (χ4v) is 4.53. The van der Waals surface area contributed by atoms with E-state index in [0.717, 1.165) is 34.3 Å². The number of carbonyl (C=O) groups excluding carboxylic acids is 2. The number of hydrogen-bond acceptors (Lipinski definition) is 5. The van der Waals surface area contributed by atoms with Gasteiger partial charge in [0, 0.05) is 29.3 Å². The van der Waals surface area contributed by atoms with Gasteiger partial charge in [-0.15, -0.1) is 0 Å². The first kappa shape index (κ1) is 22.8. The van der Waals surface area contributed by atoms with Crippen molar-refractivity contribution in [2.45, 2.75) is 45.2 Å². The SMILES string of the molecule is COC(=O)N[C@H](C(=O)N1CCC[C@H]1C1=NC(Br)=C(c2ccc(N=[N+]=[N-])cc2)C1)C(C)C. The van der Waals surface area contributed by atoms with Crippen LogP contribution in [0, 0.1) is 5.92 Å². The molecule has 2 heterocycles. The molecular formula is C21H25BrN6O3. The smallest absolute Gasteiger partial charge is 0.407 e. The molecule has 0 aromatic heterocycles. The molecule has 2 amide bonds. The molecule has 1 aromatic rings. The lowest BCUT2D eigenvalue weighted by Crippen LogP contribution is -2.53. The van der Waals surface area contributed by atoms with Crippen LogP contribution in [0.15, 0.2) is 39.0 Å². The third kappa shape index (κ3) is 5.08. The molecule has 10 heteroatoms. The standard InChI is InChI=1S/C21H25BrN6O3/c1-12(2)18(25-21(30)31-3)20(29)28-10-4-5-17(28)16-11-15(19(22)24-16)13-6-8-14(9-7-13)26-27-23/h6-9,12,17-18H,4-5,10-11H2,1-3H3,(H,25,30)/t17-,18-/m0/s1. The van der Waals surface area contributed by atoms with Gasteiger partial charge in [0.1, 0.15) is 10.6 Å². The van der Waals surface area contributed by atoms with Crippen molar-refractivity contribution in [2.24, 2.45) is 16.0 Å². The van der Waals surface area contributed by atoms with E-state index >= 15 is 0 Å². The van der Waals surface area contributed by atoms with Crippen LogP contribution >= 0.6 is 15.9 Å². The van der Waals surface area contributed by atoms with Gasteiger partial charge >= 0.3 is 6.09 Å². The molecule has 1 aromatic carbocycles. The molecule has 1 fully saturated rings. The highest BCUT2D eigenvalue weighted by Gasteiger charge is 2.39. The molecule has 164 valence electrons. The Hall–Kier alpha value is -2.84. The molecule has 0 unspecified atom stereocenters. The number of ether oxygens (including phenoxy) is 1. The Morgan fingerprint density at radius 2 is 2.06 bits per heavy atom. The minimum absolute atomic E-state index is 0.0756. The van der Waals surface area contributed by atoms with Crippen molar-refractivity contribution in [1.29, 1.82) is 0 Å². The van der Waals surface area contributed by atoms with Crippen LogP contribution in [0.5, 0.6) is 0 Å². The normalized spacial score (nSPS) is 19.2.